The van der Waals surface area contributed by atoms with E-state index >= 15 is 0 Å². The molecular weight excluding hydrogens is 310 g/mol. The highest BCUT2D eigenvalue weighted by atomic mass is 32.2. The number of piperidine rings is 1. The van der Waals surface area contributed by atoms with Gasteiger partial charge in [0, 0.05) is 37.1 Å². The fourth-order valence-corrected chi connectivity index (χ4v) is 4.19. The number of rotatable bonds is 4. The van der Waals surface area contributed by atoms with Gasteiger partial charge < -0.3 is 4.57 Å². The molecule has 0 bridgehead atoms. The lowest BCUT2D eigenvalue weighted by Crippen LogP contribution is -2.40. The molecule has 1 aliphatic heterocycles. The molecular formula is C17H23N3O2S. The van der Waals surface area contributed by atoms with E-state index in [0.29, 0.717) is 19.0 Å². The van der Waals surface area contributed by atoms with Gasteiger partial charge in [-0.2, -0.15) is 0 Å². The van der Waals surface area contributed by atoms with Gasteiger partial charge in [0.05, 0.1) is 6.26 Å². The average molecular weight is 333 g/mol. The van der Waals surface area contributed by atoms with Gasteiger partial charge in [-0.05, 0) is 25.7 Å². The maximum Gasteiger partial charge on any atom is 0.211 e. The van der Waals surface area contributed by atoms with Crippen molar-refractivity contribution in [2.24, 2.45) is 5.92 Å². The number of sulfonamides is 1. The molecule has 0 spiro atoms. The second-order valence-electron chi connectivity index (χ2n) is 6.33. The van der Waals surface area contributed by atoms with Crippen LogP contribution in [0.4, 0.5) is 0 Å². The highest BCUT2D eigenvalue weighted by molar-refractivity contribution is 7.88. The normalized spacial score (nSPS) is 19.8. The van der Waals surface area contributed by atoms with Gasteiger partial charge in [0.25, 0.3) is 0 Å². The molecule has 23 heavy (non-hydrogen) atoms. The lowest BCUT2D eigenvalue weighted by atomic mass is 9.99. The molecule has 0 amide bonds. The third-order valence-electron chi connectivity index (χ3n) is 4.48. The maximum atomic E-state index is 11.8. The monoisotopic (exact) mass is 333 g/mol. The number of aromatic nitrogens is 2. The van der Waals surface area contributed by atoms with Crippen LogP contribution in [-0.4, -0.2) is 41.6 Å². The summed E-state index contributed by atoms with van der Waals surface area (Å²) < 4.78 is 27.4. The van der Waals surface area contributed by atoms with Crippen molar-refractivity contribution in [2.75, 3.05) is 19.3 Å². The highest BCUT2D eigenvalue weighted by Gasteiger charge is 2.26. The molecule has 1 aromatic carbocycles. The fraction of sp³-hybridized carbons (Fsp3) is 0.471. The van der Waals surface area contributed by atoms with Crippen molar-refractivity contribution in [2.45, 2.75) is 26.3 Å². The van der Waals surface area contributed by atoms with Crippen molar-refractivity contribution in [1.82, 2.24) is 13.9 Å². The zero-order valence-corrected chi connectivity index (χ0v) is 14.5. The Morgan fingerprint density at radius 2 is 2.00 bits per heavy atom. The number of nitrogens with zero attached hydrogens (tertiary/aromatic N) is 3. The molecule has 3 rings (SSSR count). The lowest BCUT2D eigenvalue weighted by molar-refractivity contribution is 0.246. The van der Waals surface area contributed by atoms with Crippen LogP contribution >= 0.6 is 0 Å². The van der Waals surface area contributed by atoms with Gasteiger partial charge >= 0.3 is 0 Å². The molecule has 5 nitrogen and oxygen atoms in total. The van der Waals surface area contributed by atoms with Gasteiger partial charge in [0.15, 0.2) is 0 Å². The summed E-state index contributed by atoms with van der Waals surface area (Å²) in [6.45, 7) is 4.10. The van der Waals surface area contributed by atoms with Gasteiger partial charge in [0.2, 0.25) is 10.0 Å². The first-order valence-corrected chi connectivity index (χ1v) is 9.82. The quantitative estimate of drug-likeness (QED) is 0.864. The van der Waals surface area contributed by atoms with Crippen molar-refractivity contribution >= 4 is 10.0 Å². The zero-order chi connectivity index (χ0) is 16.4. The van der Waals surface area contributed by atoms with Crippen LogP contribution < -0.4 is 0 Å². The van der Waals surface area contributed by atoms with Crippen LogP contribution in [-0.2, 0) is 16.6 Å². The third kappa shape index (κ3) is 3.64. The summed E-state index contributed by atoms with van der Waals surface area (Å²) in [5.41, 5.74) is 2.21. The van der Waals surface area contributed by atoms with E-state index in [2.05, 4.69) is 28.6 Å². The summed E-state index contributed by atoms with van der Waals surface area (Å²) in [6.07, 6.45) is 5.16. The Hall–Kier alpha value is -1.66. The molecule has 124 valence electrons. The summed E-state index contributed by atoms with van der Waals surface area (Å²) >= 11 is 0. The molecule has 1 saturated heterocycles. The Kier molecular flexibility index (Phi) is 4.55. The summed E-state index contributed by atoms with van der Waals surface area (Å²) in [7, 11) is -3.10. The lowest BCUT2D eigenvalue weighted by Gasteiger charge is -2.31. The number of hydrogen-bond donors (Lipinski definition) is 0. The van der Waals surface area contributed by atoms with Crippen LogP contribution in [0.5, 0.6) is 0 Å². The molecule has 1 aliphatic rings. The molecule has 1 fully saturated rings. The van der Waals surface area contributed by atoms with Crippen LogP contribution in [0, 0.1) is 12.8 Å². The first kappa shape index (κ1) is 16.2. The molecule has 1 aromatic heterocycles. The number of imidazole rings is 1. The summed E-state index contributed by atoms with van der Waals surface area (Å²) in [6, 6.07) is 10.1. The van der Waals surface area contributed by atoms with Crippen molar-refractivity contribution in [1.29, 1.82) is 0 Å². The van der Waals surface area contributed by atoms with E-state index in [9.17, 15) is 8.42 Å². The van der Waals surface area contributed by atoms with Crippen LogP contribution in [0.25, 0.3) is 11.4 Å². The number of benzene rings is 1. The number of aryl methyl sites for hydroxylation is 1. The minimum absolute atomic E-state index is 0.328. The van der Waals surface area contributed by atoms with E-state index in [0.717, 1.165) is 36.5 Å². The first-order chi connectivity index (χ1) is 10.9. The summed E-state index contributed by atoms with van der Waals surface area (Å²) in [5.74, 6) is 1.29. The average Bonchev–Trinajstić information content (AvgIpc) is 2.89. The molecule has 0 N–H and O–H groups in total. The van der Waals surface area contributed by atoms with Crippen molar-refractivity contribution in [3.63, 3.8) is 0 Å². The Morgan fingerprint density at radius 1 is 1.26 bits per heavy atom. The van der Waals surface area contributed by atoms with E-state index in [1.54, 1.807) is 4.31 Å². The molecule has 0 radical (unpaired) electrons. The smallest absolute Gasteiger partial charge is 0.211 e. The molecule has 2 aromatic rings. The minimum atomic E-state index is -3.10. The predicted octanol–water partition coefficient (Wildman–Crippen LogP) is 2.53. The molecule has 2 heterocycles. The van der Waals surface area contributed by atoms with Gasteiger partial charge in [-0.15, -0.1) is 0 Å². The maximum absolute atomic E-state index is 11.8. The number of hydrogen-bond acceptors (Lipinski definition) is 3. The van der Waals surface area contributed by atoms with E-state index in [-0.39, 0.29) is 0 Å². The van der Waals surface area contributed by atoms with Gasteiger partial charge in [-0.3, -0.25) is 0 Å². The van der Waals surface area contributed by atoms with Crippen molar-refractivity contribution in [3.05, 3.63) is 42.2 Å². The molecule has 0 aliphatic carbocycles. The molecule has 0 saturated carbocycles. The predicted molar refractivity (Wildman–Crippen MR) is 91.5 cm³/mol. The second-order valence-corrected chi connectivity index (χ2v) is 8.31. The van der Waals surface area contributed by atoms with Crippen molar-refractivity contribution < 1.29 is 8.42 Å². The highest BCUT2D eigenvalue weighted by Crippen LogP contribution is 2.25. The largest absolute Gasteiger partial charge is 0.328 e. The Labute approximate surface area is 138 Å². The van der Waals surface area contributed by atoms with E-state index in [4.69, 9.17) is 0 Å². The van der Waals surface area contributed by atoms with Crippen LogP contribution in [0.3, 0.4) is 0 Å². The van der Waals surface area contributed by atoms with E-state index < -0.39 is 10.0 Å². The molecule has 1 unspecified atom stereocenters. The van der Waals surface area contributed by atoms with Crippen molar-refractivity contribution in [3.8, 4) is 11.4 Å². The van der Waals surface area contributed by atoms with Gasteiger partial charge in [-0.25, -0.2) is 17.7 Å². The zero-order valence-electron chi connectivity index (χ0n) is 13.6. The van der Waals surface area contributed by atoms with Gasteiger partial charge in [0.1, 0.15) is 5.82 Å². The third-order valence-corrected chi connectivity index (χ3v) is 5.75. The Bertz CT molecular complexity index is 768. The Morgan fingerprint density at radius 3 is 2.70 bits per heavy atom. The van der Waals surface area contributed by atoms with Gasteiger partial charge in [-0.1, -0.05) is 30.3 Å². The minimum Gasteiger partial charge on any atom is -0.328 e. The van der Waals surface area contributed by atoms with Crippen LogP contribution in [0.1, 0.15) is 18.5 Å². The molecule has 6 heteroatoms. The first-order valence-electron chi connectivity index (χ1n) is 7.98. The van der Waals surface area contributed by atoms with Crippen LogP contribution in [0.15, 0.2) is 36.5 Å². The summed E-state index contributed by atoms with van der Waals surface area (Å²) in [4.78, 5) is 4.55. The standard InChI is InChI=1S/C17H23N3O2S/c1-14-11-18-17(16-8-4-3-5-9-16)20(14)13-15-7-6-10-19(12-15)23(2,21)22/h3-5,8-9,11,15H,6-7,10,12-13H2,1-2H3. The fourth-order valence-electron chi connectivity index (χ4n) is 3.24. The second kappa shape index (κ2) is 6.45. The van der Waals surface area contributed by atoms with E-state index in [1.807, 2.05) is 24.4 Å². The molecule has 1 atom stereocenters. The summed E-state index contributed by atoms with van der Waals surface area (Å²) in [5, 5.41) is 0. The topological polar surface area (TPSA) is 55.2 Å². The van der Waals surface area contributed by atoms with E-state index in [1.165, 1.54) is 6.26 Å². The Balaban J connectivity index is 1.82. The van der Waals surface area contributed by atoms with Crippen LogP contribution in [0.2, 0.25) is 0 Å². The SMILES string of the molecule is Cc1cnc(-c2ccccc2)n1CC1CCCN(S(C)(=O)=O)C1.